The van der Waals surface area contributed by atoms with Crippen LogP contribution in [0.1, 0.15) is 19.8 Å². The van der Waals surface area contributed by atoms with Gasteiger partial charge >= 0.3 is 0 Å². The third-order valence-corrected chi connectivity index (χ3v) is 6.01. The summed E-state index contributed by atoms with van der Waals surface area (Å²) in [7, 11) is 0. The minimum atomic E-state index is -0.876. The van der Waals surface area contributed by atoms with Crippen molar-refractivity contribution in [3.63, 3.8) is 0 Å². The fourth-order valence-electron chi connectivity index (χ4n) is 4.43. The Kier molecular flexibility index (Phi) is 3.35. The molecule has 1 amide bonds. The Bertz CT molecular complexity index is 1080. The van der Waals surface area contributed by atoms with Crippen LogP contribution in [0.4, 0.5) is 5.69 Å². The maximum atomic E-state index is 13.3. The van der Waals surface area contributed by atoms with Crippen LogP contribution in [0.3, 0.4) is 0 Å². The van der Waals surface area contributed by atoms with Gasteiger partial charge in [0.1, 0.15) is 5.41 Å². The van der Waals surface area contributed by atoms with E-state index < -0.39 is 5.41 Å². The molecule has 1 aliphatic carbocycles. The number of aromatic nitrogens is 3. The summed E-state index contributed by atoms with van der Waals surface area (Å²) < 4.78 is 1.79. The highest BCUT2D eigenvalue weighted by atomic mass is 16.2. The third-order valence-electron chi connectivity index (χ3n) is 6.01. The van der Waals surface area contributed by atoms with Gasteiger partial charge in [-0.2, -0.15) is 10.4 Å². The first-order valence-corrected chi connectivity index (χ1v) is 9.26. The van der Waals surface area contributed by atoms with E-state index in [9.17, 15) is 10.1 Å². The van der Waals surface area contributed by atoms with E-state index in [4.69, 9.17) is 0 Å². The van der Waals surface area contributed by atoms with Gasteiger partial charge in [-0.1, -0.05) is 13.0 Å². The number of fused-ring (bicyclic) bond motifs is 1. The highest BCUT2D eigenvalue weighted by Crippen LogP contribution is 2.54. The number of nitrogens with zero attached hydrogens (tertiary/aromatic N) is 5. The van der Waals surface area contributed by atoms with E-state index in [2.05, 4.69) is 16.2 Å². The first kappa shape index (κ1) is 16.0. The van der Waals surface area contributed by atoms with Crippen molar-refractivity contribution in [2.75, 3.05) is 11.4 Å². The smallest absolute Gasteiger partial charge is 0.248 e. The third kappa shape index (κ3) is 2.21. The number of pyridine rings is 1. The molecule has 1 aliphatic heterocycles. The molecular formula is C21H19N5O. The van der Waals surface area contributed by atoms with Gasteiger partial charge in [-0.25, -0.2) is 4.52 Å². The predicted molar refractivity (Wildman–Crippen MR) is 101 cm³/mol. The summed E-state index contributed by atoms with van der Waals surface area (Å²) in [6.45, 7) is 2.59. The number of hydrogen-bond donors (Lipinski definition) is 0. The molecule has 2 aliphatic rings. The maximum absolute atomic E-state index is 13.3. The van der Waals surface area contributed by atoms with Crippen LogP contribution in [0.2, 0.25) is 0 Å². The van der Waals surface area contributed by atoms with Crippen molar-refractivity contribution in [1.82, 2.24) is 14.6 Å². The van der Waals surface area contributed by atoms with Crippen LogP contribution < -0.4 is 4.90 Å². The monoisotopic (exact) mass is 357 g/mol. The number of carbonyl (C=O) groups excluding carboxylic acids is 1. The second-order valence-corrected chi connectivity index (χ2v) is 7.59. The van der Waals surface area contributed by atoms with Gasteiger partial charge in [0.15, 0.2) is 0 Å². The second kappa shape index (κ2) is 5.65. The molecule has 2 fully saturated rings. The number of anilines is 1. The summed E-state index contributed by atoms with van der Waals surface area (Å²) in [5.74, 6) is 0.159. The SMILES string of the molecule is C[C@@H]1CN(c2ccnn3cc(-c4cccnc4)cc23)C(=O)[C@]1(C#N)C1CC1. The standard InChI is InChI=1S/C21H19N5O/c1-14-11-25(20(27)21(14,13-22)17-4-5-17)18-6-8-24-26-12-16(9-19(18)26)15-3-2-7-23-10-15/h2-3,6-10,12,14,17H,4-5,11H2,1H3/t14-,21+/m1/s1. The Hall–Kier alpha value is -3.20. The molecule has 2 atom stereocenters. The van der Waals surface area contributed by atoms with Gasteiger partial charge < -0.3 is 4.90 Å². The van der Waals surface area contributed by atoms with E-state index in [1.165, 1.54) is 0 Å². The molecule has 1 saturated heterocycles. The molecule has 1 saturated carbocycles. The Morgan fingerprint density at radius 2 is 2.11 bits per heavy atom. The van der Waals surface area contributed by atoms with Gasteiger partial charge in [0.25, 0.3) is 0 Å². The molecule has 134 valence electrons. The van der Waals surface area contributed by atoms with Gasteiger partial charge in [0.2, 0.25) is 5.91 Å². The average Bonchev–Trinajstić information content (AvgIpc) is 3.39. The van der Waals surface area contributed by atoms with E-state index in [0.717, 1.165) is 35.2 Å². The number of nitriles is 1. The molecule has 4 heterocycles. The largest absolute Gasteiger partial charge is 0.309 e. The lowest BCUT2D eigenvalue weighted by atomic mass is 9.75. The quantitative estimate of drug-likeness (QED) is 0.721. The Balaban J connectivity index is 1.61. The summed E-state index contributed by atoms with van der Waals surface area (Å²) in [6.07, 6.45) is 9.14. The zero-order chi connectivity index (χ0) is 18.6. The molecule has 6 nitrogen and oxygen atoms in total. The highest BCUT2D eigenvalue weighted by molar-refractivity contribution is 6.05. The average molecular weight is 357 g/mol. The van der Waals surface area contributed by atoms with Crippen molar-refractivity contribution < 1.29 is 4.79 Å². The molecule has 0 N–H and O–H groups in total. The minimum absolute atomic E-state index is 0.0171. The zero-order valence-electron chi connectivity index (χ0n) is 15.0. The molecular weight excluding hydrogens is 338 g/mol. The van der Waals surface area contributed by atoms with Crippen molar-refractivity contribution in [1.29, 1.82) is 5.26 Å². The normalized spacial score (nSPS) is 25.1. The number of hydrogen-bond acceptors (Lipinski definition) is 4. The lowest BCUT2D eigenvalue weighted by Crippen LogP contribution is -2.37. The van der Waals surface area contributed by atoms with Crippen LogP contribution in [0.5, 0.6) is 0 Å². The van der Waals surface area contributed by atoms with Gasteiger partial charge in [-0.15, -0.1) is 0 Å². The molecule has 3 aromatic heterocycles. The van der Waals surface area contributed by atoms with Crippen LogP contribution in [0.15, 0.2) is 49.1 Å². The second-order valence-electron chi connectivity index (χ2n) is 7.59. The van der Waals surface area contributed by atoms with Crippen LogP contribution in [-0.2, 0) is 4.79 Å². The van der Waals surface area contributed by atoms with Crippen molar-refractivity contribution >= 4 is 17.1 Å². The summed E-state index contributed by atoms with van der Waals surface area (Å²) in [4.78, 5) is 19.3. The number of rotatable bonds is 3. The van der Waals surface area contributed by atoms with Gasteiger partial charge in [-0.05, 0) is 37.0 Å². The molecule has 3 aromatic rings. The van der Waals surface area contributed by atoms with E-state index in [1.54, 1.807) is 21.8 Å². The topological polar surface area (TPSA) is 74.3 Å². The minimum Gasteiger partial charge on any atom is -0.309 e. The molecule has 0 spiro atoms. The Morgan fingerprint density at radius 3 is 2.81 bits per heavy atom. The van der Waals surface area contributed by atoms with Crippen molar-refractivity contribution in [2.24, 2.45) is 17.3 Å². The summed E-state index contributed by atoms with van der Waals surface area (Å²) in [5, 5.41) is 14.3. The van der Waals surface area contributed by atoms with E-state index >= 15 is 0 Å². The van der Waals surface area contributed by atoms with Gasteiger partial charge in [-0.3, -0.25) is 9.78 Å². The molecule has 5 rings (SSSR count). The van der Waals surface area contributed by atoms with Crippen molar-refractivity contribution in [3.8, 4) is 17.2 Å². The zero-order valence-corrected chi connectivity index (χ0v) is 15.0. The van der Waals surface area contributed by atoms with Crippen molar-refractivity contribution in [2.45, 2.75) is 19.8 Å². The molecule has 0 unspecified atom stereocenters. The van der Waals surface area contributed by atoms with Crippen LogP contribution in [0.25, 0.3) is 16.6 Å². The fraction of sp³-hybridized carbons (Fsp3) is 0.333. The number of carbonyl (C=O) groups is 1. The molecule has 0 bridgehead atoms. The lowest BCUT2D eigenvalue weighted by molar-refractivity contribution is -0.124. The summed E-state index contributed by atoms with van der Waals surface area (Å²) in [5.41, 5.74) is 2.80. The van der Waals surface area contributed by atoms with E-state index in [1.807, 2.05) is 43.6 Å². The summed E-state index contributed by atoms with van der Waals surface area (Å²) in [6, 6.07) is 10.2. The van der Waals surface area contributed by atoms with Crippen molar-refractivity contribution in [3.05, 3.63) is 49.1 Å². The highest BCUT2D eigenvalue weighted by Gasteiger charge is 2.61. The van der Waals surface area contributed by atoms with Crippen LogP contribution >= 0.6 is 0 Å². The first-order valence-electron chi connectivity index (χ1n) is 9.26. The van der Waals surface area contributed by atoms with Gasteiger partial charge in [0, 0.05) is 48.4 Å². The molecule has 6 heteroatoms. The predicted octanol–water partition coefficient (Wildman–Crippen LogP) is 3.30. The number of amides is 1. The lowest BCUT2D eigenvalue weighted by Gasteiger charge is -2.23. The van der Waals surface area contributed by atoms with Gasteiger partial charge in [0.05, 0.1) is 17.3 Å². The van der Waals surface area contributed by atoms with E-state index in [0.29, 0.717) is 6.54 Å². The van der Waals surface area contributed by atoms with Crippen LogP contribution in [-0.4, -0.2) is 27.0 Å². The Labute approximate surface area is 157 Å². The molecule has 0 aromatic carbocycles. The maximum Gasteiger partial charge on any atom is 0.248 e. The summed E-state index contributed by atoms with van der Waals surface area (Å²) >= 11 is 0. The van der Waals surface area contributed by atoms with E-state index in [-0.39, 0.29) is 17.7 Å². The van der Waals surface area contributed by atoms with Crippen LogP contribution in [0, 0.1) is 28.6 Å². The Morgan fingerprint density at radius 1 is 1.26 bits per heavy atom. The first-order chi connectivity index (χ1) is 13.1. The molecule has 27 heavy (non-hydrogen) atoms. The fourth-order valence-corrected chi connectivity index (χ4v) is 4.43. The molecule has 0 radical (unpaired) electrons.